The average molecular weight is 917 g/mol. The van der Waals surface area contributed by atoms with Crippen LogP contribution in [-0.2, 0) is 22.7 Å². The van der Waals surface area contributed by atoms with E-state index in [2.05, 4.69) is 109 Å². The zero-order chi connectivity index (χ0) is 39.4. The maximum atomic E-state index is 5.55. The lowest BCUT2D eigenvalue weighted by atomic mass is 10.0. The molecule has 14 aromatic rings. The van der Waals surface area contributed by atoms with Crippen LogP contribution in [0, 0.1) is 0 Å². The Labute approximate surface area is 374 Å². The smallest absolute Gasteiger partial charge is 0.0806 e. The summed E-state index contributed by atoms with van der Waals surface area (Å²) < 4.78 is 27.3. The van der Waals surface area contributed by atoms with Crippen LogP contribution in [0.15, 0.2) is 97.1 Å². The molecule has 8 heterocycles. The second kappa shape index (κ2) is 13.1. The van der Waals surface area contributed by atoms with Gasteiger partial charge in [-0.25, -0.2) is 0 Å². The highest BCUT2D eigenvalue weighted by atomic mass is 32.1. The third-order valence-electron chi connectivity index (χ3n) is 11.9. The number of fused-ring (bicyclic) bond motifs is 22. The molecule has 0 aliphatic carbocycles. The maximum absolute atomic E-state index is 5.55. The summed E-state index contributed by atoms with van der Waals surface area (Å²) in [7, 11) is 3.57. The predicted molar refractivity (Wildman–Crippen MR) is 276 cm³/mol. The van der Waals surface area contributed by atoms with Gasteiger partial charge in [0, 0.05) is 155 Å². The monoisotopic (exact) mass is 916 g/mol. The molecule has 0 atom stereocenters. The van der Waals surface area contributed by atoms with Gasteiger partial charge in [0.1, 0.15) is 0 Å². The number of thiophene rings is 8. The van der Waals surface area contributed by atoms with Crippen molar-refractivity contribution in [2.75, 3.05) is 14.2 Å². The lowest BCUT2D eigenvalue weighted by Crippen LogP contribution is -1.79. The molecule has 2 nitrogen and oxygen atoms in total. The summed E-state index contributed by atoms with van der Waals surface area (Å²) in [6.45, 7) is 1.29. The van der Waals surface area contributed by atoms with Crippen LogP contribution in [0.1, 0.15) is 19.5 Å². The molecule has 0 saturated heterocycles. The van der Waals surface area contributed by atoms with Crippen molar-refractivity contribution in [1.82, 2.24) is 0 Å². The highest BCUT2D eigenvalue weighted by Gasteiger charge is 2.21. The fourth-order valence-electron chi connectivity index (χ4n) is 9.57. The van der Waals surface area contributed by atoms with E-state index in [1.165, 1.54) is 141 Å². The van der Waals surface area contributed by atoms with E-state index in [-0.39, 0.29) is 0 Å². The van der Waals surface area contributed by atoms with Crippen LogP contribution >= 0.6 is 90.7 Å². The van der Waals surface area contributed by atoms with E-state index in [0.29, 0.717) is 13.2 Å². The molecule has 14 rings (SSSR count). The second-order valence-corrected chi connectivity index (χ2v) is 24.3. The van der Waals surface area contributed by atoms with Crippen molar-refractivity contribution in [1.29, 1.82) is 0 Å². The van der Waals surface area contributed by atoms with Gasteiger partial charge in [0.25, 0.3) is 0 Å². The first-order chi connectivity index (χ1) is 29.6. The van der Waals surface area contributed by atoms with Gasteiger partial charge in [-0.3, -0.25) is 0 Å². The van der Waals surface area contributed by atoms with Crippen LogP contribution in [0.3, 0.4) is 0 Å². The fraction of sp³-hybridized carbons (Fsp3) is 0.0800. The lowest BCUT2D eigenvalue weighted by Gasteiger charge is -2.00. The van der Waals surface area contributed by atoms with E-state index in [0.717, 1.165) is 0 Å². The van der Waals surface area contributed by atoms with Gasteiger partial charge in [0.15, 0.2) is 0 Å². The third kappa shape index (κ3) is 5.00. The number of hydrogen-bond donors (Lipinski definition) is 0. The molecule has 8 aromatic heterocycles. The van der Waals surface area contributed by atoms with Crippen LogP contribution in [-0.4, -0.2) is 14.2 Å². The number of rotatable bonds is 6. The zero-order valence-corrected chi connectivity index (χ0v) is 38.4. The summed E-state index contributed by atoms with van der Waals surface area (Å²) in [5, 5.41) is 16.6. The first-order valence-corrected chi connectivity index (χ1v) is 26.1. The van der Waals surface area contributed by atoms with Gasteiger partial charge in [0.05, 0.1) is 13.2 Å². The van der Waals surface area contributed by atoms with Crippen molar-refractivity contribution in [2.45, 2.75) is 13.2 Å². The van der Waals surface area contributed by atoms with Crippen molar-refractivity contribution in [2.24, 2.45) is 0 Å². The standard InChI is InChI=1S/C50H28O2S8/c1-51-21-25-19-29-33(55-25)7-11-37-45(29)49-41(59-37)15-13-39-47(49)43-27-17-23(53-31(27)5-9-35(43)57-39)3-4-24-18-28-32(54-24)6-10-36-44(28)48-40(58-36)14-16-42-50(48)46-30-20-26(22-52-2)56-34(30)8-12-38(46)60-42/h3-20H,21-22H2,1-2H3/b4-3+. The Bertz CT molecular complexity index is 3900. The van der Waals surface area contributed by atoms with Crippen LogP contribution in [0.4, 0.5) is 0 Å². The van der Waals surface area contributed by atoms with Gasteiger partial charge < -0.3 is 9.47 Å². The van der Waals surface area contributed by atoms with Crippen molar-refractivity contribution >= 4 is 224 Å². The summed E-state index contributed by atoms with van der Waals surface area (Å²) in [6.07, 6.45) is 4.69. The van der Waals surface area contributed by atoms with E-state index in [1.54, 1.807) is 14.2 Å². The average Bonchev–Trinajstić information content (AvgIpc) is 4.10. The van der Waals surface area contributed by atoms with Crippen molar-refractivity contribution in [3.05, 3.63) is 117 Å². The molecule has 0 aliphatic heterocycles. The first-order valence-electron chi connectivity index (χ1n) is 19.6. The minimum Gasteiger partial charge on any atom is -0.379 e. The Morgan fingerprint density at radius 2 is 0.583 bits per heavy atom. The third-order valence-corrected chi connectivity index (χ3v) is 20.7. The molecule has 288 valence electrons. The summed E-state index contributed by atoms with van der Waals surface area (Å²) in [6, 6.07) is 37.6. The molecule has 0 spiro atoms. The molecule has 0 radical (unpaired) electrons. The van der Waals surface area contributed by atoms with E-state index < -0.39 is 0 Å². The maximum Gasteiger partial charge on any atom is 0.0806 e. The summed E-state index contributed by atoms with van der Waals surface area (Å²) in [5.41, 5.74) is 0. The van der Waals surface area contributed by atoms with E-state index in [1.807, 2.05) is 90.7 Å². The Kier molecular flexibility index (Phi) is 7.71. The van der Waals surface area contributed by atoms with Crippen molar-refractivity contribution in [3.8, 4) is 0 Å². The van der Waals surface area contributed by atoms with E-state index >= 15 is 0 Å². The highest BCUT2D eigenvalue weighted by molar-refractivity contribution is 7.30. The normalized spacial score (nSPS) is 13.0. The second-order valence-electron chi connectivity index (χ2n) is 15.4. The Hall–Kier alpha value is -4.30. The Morgan fingerprint density at radius 3 is 0.900 bits per heavy atom. The molecule has 0 bridgehead atoms. The molecule has 0 N–H and O–H groups in total. The largest absolute Gasteiger partial charge is 0.379 e. The number of methoxy groups -OCH3 is 2. The van der Waals surface area contributed by atoms with Crippen LogP contribution in [0.25, 0.3) is 133 Å². The number of hydrogen-bond acceptors (Lipinski definition) is 10. The van der Waals surface area contributed by atoms with Gasteiger partial charge in [-0.1, -0.05) is 0 Å². The van der Waals surface area contributed by atoms with Crippen molar-refractivity contribution < 1.29 is 9.47 Å². The molecule has 6 aromatic carbocycles. The van der Waals surface area contributed by atoms with Crippen molar-refractivity contribution in [3.63, 3.8) is 0 Å². The quantitative estimate of drug-likeness (QED) is 0.165. The molecular formula is C50H28O2S8. The van der Waals surface area contributed by atoms with E-state index in [4.69, 9.17) is 9.47 Å². The first kappa shape index (κ1) is 35.3. The molecule has 10 heteroatoms. The van der Waals surface area contributed by atoms with Crippen LogP contribution < -0.4 is 0 Å². The molecule has 60 heavy (non-hydrogen) atoms. The molecule has 0 saturated carbocycles. The van der Waals surface area contributed by atoms with Gasteiger partial charge in [-0.15, -0.1) is 90.7 Å². The molecule has 0 amide bonds. The summed E-state index contributed by atoms with van der Waals surface area (Å²) in [4.78, 5) is 5.11. The van der Waals surface area contributed by atoms with Gasteiger partial charge in [-0.05, 0) is 109 Å². The van der Waals surface area contributed by atoms with Gasteiger partial charge >= 0.3 is 0 Å². The lowest BCUT2D eigenvalue weighted by molar-refractivity contribution is 0.187. The minimum absolute atomic E-state index is 0.647. The Morgan fingerprint density at radius 1 is 0.317 bits per heavy atom. The summed E-state index contributed by atoms with van der Waals surface area (Å²) in [5.74, 6) is 0. The number of benzene rings is 6. The SMILES string of the molecule is COCc1cc2c(ccc3sc4ccc5sc6ccc7sc(/C=C/c8cc9c(ccc%10sc%11ccc%12sc%13ccc%14sc(COC)cc%14c%13c%12c%11c%109)s8)cc7c6c5c4c32)s1. The molecule has 0 aliphatic rings. The minimum atomic E-state index is 0.647. The molecular weight excluding hydrogens is 889 g/mol. The Balaban J connectivity index is 0.929. The fourth-order valence-corrected chi connectivity index (χ4v) is 18.1. The molecule has 0 fully saturated rings. The van der Waals surface area contributed by atoms with Crippen LogP contribution in [0.5, 0.6) is 0 Å². The zero-order valence-electron chi connectivity index (χ0n) is 31.9. The topological polar surface area (TPSA) is 18.5 Å². The predicted octanol–water partition coefficient (Wildman–Crippen LogP) is 18.5. The van der Waals surface area contributed by atoms with Gasteiger partial charge in [0.2, 0.25) is 0 Å². The summed E-state index contributed by atoms with van der Waals surface area (Å²) >= 11 is 15.2. The van der Waals surface area contributed by atoms with Crippen LogP contribution in [0.2, 0.25) is 0 Å². The molecule has 0 unspecified atom stereocenters. The highest BCUT2D eigenvalue weighted by Crippen LogP contribution is 2.52. The van der Waals surface area contributed by atoms with E-state index in [9.17, 15) is 0 Å². The van der Waals surface area contributed by atoms with Gasteiger partial charge in [-0.2, -0.15) is 0 Å². The number of ether oxygens (including phenoxy) is 2.